The van der Waals surface area contributed by atoms with Gasteiger partial charge >= 0.3 is 0 Å². The molecule has 6 heteroatoms. The van der Waals surface area contributed by atoms with Crippen LogP contribution in [0.5, 0.6) is 11.5 Å². The number of hydrogen-bond acceptors (Lipinski definition) is 5. The summed E-state index contributed by atoms with van der Waals surface area (Å²) in [6.45, 7) is 0.208. The highest BCUT2D eigenvalue weighted by atomic mass is 16.6. The van der Waals surface area contributed by atoms with Gasteiger partial charge in [0.15, 0.2) is 5.56 Å². The average molecular weight is 284 g/mol. The van der Waals surface area contributed by atoms with E-state index >= 15 is 0 Å². The molecule has 2 rings (SSSR count). The fourth-order valence-electron chi connectivity index (χ4n) is 1.79. The molecule has 0 spiro atoms. The standard InChI is InChI=1S/C15H12N2O4/c1-20-12-7-5-11(6-8-12)10-21-15-4-2-3-14(17(18)19)13(15)9-16/h2-8H,10H2,1H3. The topological polar surface area (TPSA) is 85.4 Å². The third-order valence-corrected chi connectivity index (χ3v) is 2.87. The lowest BCUT2D eigenvalue weighted by Crippen LogP contribution is -2.00. The van der Waals surface area contributed by atoms with Crippen molar-refractivity contribution >= 4 is 5.69 Å². The highest BCUT2D eigenvalue weighted by Gasteiger charge is 2.18. The van der Waals surface area contributed by atoms with Gasteiger partial charge in [0.25, 0.3) is 5.69 Å². The van der Waals surface area contributed by atoms with Gasteiger partial charge in [-0.05, 0) is 23.8 Å². The van der Waals surface area contributed by atoms with E-state index in [9.17, 15) is 10.1 Å². The predicted molar refractivity (Wildman–Crippen MR) is 75.1 cm³/mol. The number of ether oxygens (including phenoxy) is 2. The molecule has 0 amide bonds. The minimum Gasteiger partial charge on any atom is -0.497 e. The Morgan fingerprint density at radius 1 is 1.24 bits per heavy atom. The molecule has 106 valence electrons. The summed E-state index contributed by atoms with van der Waals surface area (Å²) in [7, 11) is 1.58. The Hall–Kier alpha value is -3.07. The van der Waals surface area contributed by atoms with E-state index < -0.39 is 4.92 Å². The number of rotatable bonds is 5. The molecule has 0 saturated heterocycles. The van der Waals surface area contributed by atoms with Crippen LogP contribution in [0.15, 0.2) is 42.5 Å². The van der Waals surface area contributed by atoms with Gasteiger partial charge in [0.2, 0.25) is 0 Å². The molecule has 2 aromatic rings. The number of nitro benzene ring substituents is 1. The van der Waals surface area contributed by atoms with E-state index in [1.54, 1.807) is 19.2 Å². The van der Waals surface area contributed by atoms with Crippen molar-refractivity contribution in [2.24, 2.45) is 0 Å². The van der Waals surface area contributed by atoms with Gasteiger partial charge in [-0.3, -0.25) is 10.1 Å². The van der Waals surface area contributed by atoms with Gasteiger partial charge in [0.1, 0.15) is 24.2 Å². The molecule has 21 heavy (non-hydrogen) atoms. The molecule has 0 aromatic heterocycles. The van der Waals surface area contributed by atoms with Crippen molar-refractivity contribution in [3.8, 4) is 17.6 Å². The third-order valence-electron chi connectivity index (χ3n) is 2.87. The molecule has 0 fully saturated rings. The molecular formula is C15H12N2O4. The zero-order valence-electron chi connectivity index (χ0n) is 11.3. The minimum absolute atomic E-state index is 0.0731. The highest BCUT2D eigenvalue weighted by molar-refractivity contribution is 5.56. The SMILES string of the molecule is COc1ccc(COc2cccc([N+](=O)[O-])c2C#N)cc1. The van der Waals surface area contributed by atoms with Crippen LogP contribution in [0.2, 0.25) is 0 Å². The summed E-state index contributed by atoms with van der Waals surface area (Å²) in [4.78, 5) is 10.3. The van der Waals surface area contributed by atoms with Gasteiger partial charge in [0, 0.05) is 6.07 Å². The first-order chi connectivity index (χ1) is 10.2. The van der Waals surface area contributed by atoms with Gasteiger partial charge in [-0.25, -0.2) is 0 Å². The number of methoxy groups -OCH3 is 1. The van der Waals surface area contributed by atoms with Crippen LogP contribution in [0.25, 0.3) is 0 Å². The number of nitro groups is 1. The average Bonchev–Trinajstić information content (AvgIpc) is 2.52. The maximum atomic E-state index is 10.9. The highest BCUT2D eigenvalue weighted by Crippen LogP contribution is 2.28. The second-order valence-corrected chi connectivity index (χ2v) is 4.16. The molecule has 0 aliphatic heterocycles. The summed E-state index contributed by atoms with van der Waals surface area (Å²) in [6.07, 6.45) is 0. The fraction of sp³-hybridized carbons (Fsp3) is 0.133. The van der Waals surface area contributed by atoms with Crippen LogP contribution in [0, 0.1) is 21.4 Å². The van der Waals surface area contributed by atoms with Crippen molar-refractivity contribution in [1.29, 1.82) is 5.26 Å². The van der Waals surface area contributed by atoms with Crippen LogP contribution < -0.4 is 9.47 Å². The predicted octanol–water partition coefficient (Wildman–Crippen LogP) is 3.05. The Bertz CT molecular complexity index is 690. The second-order valence-electron chi connectivity index (χ2n) is 4.16. The molecule has 2 aromatic carbocycles. The first-order valence-corrected chi connectivity index (χ1v) is 6.09. The Kier molecular flexibility index (Phi) is 4.36. The summed E-state index contributed by atoms with van der Waals surface area (Å²) >= 11 is 0. The van der Waals surface area contributed by atoms with Crippen molar-refractivity contribution in [3.05, 3.63) is 63.7 Å². The molecule has 0 aliphatic rings. The van der Waals surface area contributed by atoms with Crippen molar-refractivity contribution in [3.63, 3.8) is 0 Å². The van der Waals surface area contributed by atoms with Gasteiger partial charge in [-0.15, -0.1) is 0 Å². The molecule has 0 aliphatic carbocycles. The number of nitrogens with zero attached hydrogens (tertiary/aromatic N) is 2. The van der Waals surface area contributed by atoms with Crippen molar-refractivity contribution in [2.75, 3.05) is 7.11 Å². The Morgan fingerprint density at radius 3 is 2.52 bits per heavy atom. The molecule has 0 bridgehead atoms. The Labute approximate surface area is 121 Å². The van der Waals surface area contributed by atoms with Crippen LogP contribution in [0.3, 0.4) is 0 Å². The largest absolute Gasteiger partial charge is 0.497 e. The maximum absolute atomic E-state index is 10.9. The summed E-state index contributed by atoms with van der Waals surface area (Å²) in [5, 5.41) is 19.9. The molecule has 0 radical (unpaired) electrons. The second kappa shape index (κ2) is 6.39. The van der Waals surface area contributed by atoms with Gasteiger partial charge in [0.05, 0.1) is 12.0 Å². The lowest BCUT2D eigenvalue weighted by molar-refractivity contribution is -0.385. The van der Waals surface area contributed by atoms with E-state index in [0.717, 1.165) is 11.3 Å². The van der Waals surface area contributed by atoms with Crippen molar-refractivity contribution < 1.29 is 14.4 Å². The van der Waals surface area contributed by atoms with E-state index in [1.165, 1.54) is 18.2 Å². The lowest BCUT2D eigenvalue weighted by atomic mass is 10.1. The minimum atomic E-state index is -0.598. The fourth-order valence-corrected chi connectivity index (χ4v) is 1.79. The normalized spacial score (nSPS) is 9.71. The van der Waals surface area contributed by atoms with Crippen molar-refractivity contribution in [2.45, 2.75) is 6.61 Å². The summed E-state index contributed by atoms with van der Waals surface area (Å²) in [5.41, 5.74) is 0.534. The van der Waals surface area contributed by atoms with E-state index in [-0.39, 0.29) is 23.6 Å². The van der Waals surface area contributed by atoms with Crippen LogP contribution in [0.1, 0.15) is 11.1 Å². The van der Waals surface area contributed by atoms with Crippen LogP contribution in [-0.2, 0) is 6.61 Å². The molecule has 0 N–H and O–H groups in total. The Balaban J connectivity index is 2.18. The van der Waals surface area contributed by atoms with Crippen LogP contribution in [0.4, 0.5) is 5.69 Å². The summed E-state index contributed by atoms with van der Waals surface area (Å²) in [5.74, 6) is 0.925. The smallest absolute Gasteiger partial charge is 0.290 e. The number of hydrogen-bond donors (Lipinski definition) is 0. The molecular weight excluding hydrogens is 272 g/mol. The first-order valence-electron chi connectivity index (χ1n) is 6.09. The zero-order chi connectivity index (χ0) is 15.2. The molecule has 6 nitrogen and oxygen atoms in total. The van der Waals surface area contributed by atoms with Crippen LogP contribution >= 0.6 is 0 Å². The maximum Gasteiger partial charge on any atom is 0.290 e. The number of benzene rings is 2. The van der Waals surface area contributed by atoms with Crippen LogP contribution in [-0.4, -0.2) is 12.0 Å². The third kappa shape index (κ3) is 3.28. The summed E-state index contributed by atoms with van der Waals surface area (Å²) in [6, 6.07) is 13.3. The quantitative estimate of drug-likeness (QED) is 0.622. The van der Waals surface area contributed by atoms with Gasteiger partial charge in [-0.2, -0.15) is 5.26 Å². The zero-order valence-corrected chi connectivity index (χ0v) is 11.3. The monoisotopic (exact) mass is 284 g/mol. The molecule has 0 unspecified atom stereocenters. The van der Waals surface area contributed by atoms with E-state index in [1.807, 2.05) is 18.2 Å². The van der Waals surface area contributed by atoms with Crippen molar-refractivity contribution in [1.82, 2.24) is 0 Å². The summed E-state index contributed by atoms with van der Waals surface area (Å²) < 4.78 is 10.6. The molecule has 0 saturated carbocycles. The molecule has 0 heterocycles. The molecule has 0 atom stereocenters. The Morgan fingerprint density at radius 2 is 1.95 bits per heavy atom. The van der Waals surface area contributed by atoms with E-state index in [0.29, 0.717) is 0 Å². The lowest BCUT2D eigenvalue weighted by Gasteiger charge is -2.08. The first kappa shape index (κ1) is 14.3. The van der Waals surface area contributed by atoms with Gasteiger partial charge < -0.3 is 9.47 Å². The van der Waals surface area contributed by atoms with Gasteiger partial charge in [-0.1, -0.05) is 18.2 Å². The number of nitriles is 1. The van der Waals surface area contributed by atoms with E-state index in [2.05, 4.69) is 0 Å². The van der Waals surface area contributed by atoms with E-state index in [4.69, 9.17) is 14.7 Å².